The first kappa shape index (κ1) is 12.2. The summed E-state index contributed by atoms with van der Waals surface area (Å²) in [6, 6.07) is 14.3. The van der Waals surface area contributed by atoms with Gasteiger partial charge in [0.1, 0.15) is 12.4 Å². The Morgan fingerprint density at radius 3 is 2.89 bits per heavy atom. The van der Waals surface area contributed by atoms with Crippen molar-refractivity contribution in [2.45, 2.75) is 32.5 Å². The number of hydrogen-bond donors (Lipinski definition) is 1. The SMILES string of the molecule is Cc1ccccc1COc1ccc2c(c1)CCC2O. The predicted octanol–water partition coefficient (Wildman–Crippen LogP) is 3.55. The Bertz CT molecular complexity index is 590. The Hall–Kier alpha value is -1.80. The summed E-state index contributed by atoms with van der Waals surface area (Å²) in [6.07, 6.45) is 1.48. The Balaban J connectivity index is 1.73. The molecular weight excluding hydrogens is 236 g/mol. The van der Waals surface area contributed by atoms with E-state index in [0.29, 0.717) is 6.61 Å². The number of benzene rings is 2. The maximum Gasteiger partial charge on any atom is 0.120 e. The number of fused-ring (bicyclic) bond motifs is 1. The molecule has 1 N–H and O–H groups in total. The monoisotopic (exact) mass is 254 g/mol. The Morgan fingerprint density at radius 2 is 2.05 bits per heavy atom. The molecule has 1 aliphatic rings. The fourth-order valence-corrected chi connectivity index (χ4v) is 2.59. The molecule has 2 heteroatoms. The molecule has 1 atom stereocenters. The lowest BCUT2D eigenvalue weighted by Gasteiger charge is -2.10. The fraction of sp³-hybridized carbons (Fsp3) is 0.294. The van der Waals surface area contributed by atoms with E-state index in [1.807, 2.05) is 24.3 Å². The van der Waals surface area contributed by atoms with Crippen LogP contribution in [0, 0.1) is 6.92 Å². The Kier molecular flexibility index (Phi) is 3.26. The van der Waals surface area contributed by atoms with Gasteiger partial charge in [-0.2, -0.15) is 0 Å². The fourth-order valence-electron chi connectivity index (χ4n) is 2.59. The van der Waals surface area contributed by atoms with Crippen LogP contribution in [0.1, 0.15) is 34.8 Å². The first-order valence-corrected chi connectivity index (χ1v) is 6.72. The summed E-state index contributed by atoms with van der Waals surface area (Å²) in [5, 5.41) is 9.78. The van der Waals surface area contributed by atoms with Crippen LogP contribution in [0.3, 0.4) is 0 Å². The van der Waals surface area contributed by atoms with E-state index in [0.717, 1.165) is 24.2 Å². The number of hydrogen-bond acceptors (Lipinski definition) is 2. The molecule has 0 aromatic heterocycles. The van der Waals surface area contributed by atoms with Crippen LogP contribution >= 0.6 is 0 Å². The summed E-state index contributed by atoms with van der Waals surface area (Å²) < 4.78 is 5.85. The zero-order valence-corrected chi connectivity index (χ0v) is 11.1. The van der Waals surface area contributed by atoms with Crippen molar-refractivity contribution in [1.82, 2.24) is 0 Å². The molecule has 0 fully saturated rings. The van der Waals surface area contributed by atoms with Gasteiger partial charge in [-0.1, -0.05) is 30.3 Å². The maximum absolute atomic E-state index is 9.78. The third-order valence-electron chi connectivity index (χ3n) is 3.82. The van der Waals surface area contributed by atoms with Crippen molar-refractivity contribution in [2.24, 2.45) is 0 Å². The van der Waals surface area contributed by atoms with Gasteiger partial charge >= 0.3 is 0 Å². The topological polar surface area (TPSA) is 29.5 Å². The number of aliphatic hydroxyl groups excluding tert-OH is 1. The minimum Gasteiger partial charge on any atom is -0.489 e. The summed E-state index contributed by atoms with van der Waals surface area (Å²) in [6.45, 7) is 2.69. The largest absolute Gasteiger partial charge is 0.489 e. The smallest absolute Gasteiger partial charge is 0.120 e. The molecule has 0 radical (unpaired) electrons. The molecule has 19 heavy (non-hydrogen) atoms. The summed E-state index contributed by atoms with van der Waals surface area (Å²) >= 11 is 0. The molecule has 0 spiro atoms. The van der Waals surface area contributed by atoms with Crippen molar-refractivity contribution >= 4 is 0 Å². The predicted molar refractivity (Wildman–Crippen MR) is 75.2 cm³/mol. The van der Waals surface area contributed by atoms with Crippen LogP contribution in [-0.4, -0.2) is 5.11 Å². The highest BCUT2D eigenvalue weighted by atomic mass is 16.5. The molecule has 0 heterocycles. The van der Waals surface area contributed by atoms with Crippen LogP contribution in [0.4, 0.5) is 0 Å². The first-order chi connectivity index (χ1) is 9.24. The molecule has 3 rings (SSSR count). The average molecular weight is 254 g/mol. The molecule has 2 nitrogen and oxygen atoms in total. The summed E-state index contributed by atoms with van der Waals surface area (Å²) in [7, 11) is 0. The average Bonchev–Trinajstić information content (AvgIpc) is 2.79. The number of aliphatic hydroxyl groups is 1. The normalized spacial score (nSPS) is 17.3. The molecule has 1 unspecified atom stereocenters. The summed E-state index contributed by atoms with van der Waals surface area (Å²) in [4.78, 5) is 0. The van der Waals surface area contributed by atoms with Gasteiger partial charge in [0.15, 0.2) is 0 Å². The zero-order valence-electron chi connectivity index (χ0n) is 11.1. The van der Waals surface area contributed by atoms with Crippen molar-refractivity contribution < 1.29 is 9.84 Å². The van der Waals surface area contributed by atoms with Crippen LogP contribution < -0.4 is 4.74 Å². The molecule has 2 aromatic rings. The van der Waals surface area contributed by atoms with Gasteiger partial charge in [0.05, 0.1) is 6.10 Å². The second-order valence-corrected chi connectivity index (χ2v) is 5.13. The summed E-state index contributed by atoms with van der Waals surface area (Å²) in [5.41, 5.74) is 4.74. The molecular formula is C17H18O2. The van der Waals surface area contributed by atoms with Crippen LogP contribution in [0.15, 0.2) is 42.5 Å². The number of ether oxygens (including phenoxy) is 1. The summed E-state index contributed by atoms with van der Waals surface area (Å²) in [5.74, 6) is 0.885. The van der Waals surface area contributed by atoms with E-state index in [-0.39, 0.29) is 6.10 Å². The van der Waals surface area contributed by atoms with E-state index in [9.17, 15) is 5.11 Å². The van der Waals surface area contributed by atoms with E-state index in [1.54, 1.807) is 0 Å². The van der Waals surface area contributed by atoms with Crippen LogP contribution in [0.25, 0.3) is 0 Å². The molecule has 1 aliphatic carbocycles. The highest BCUT2D eigenvalue weighted by molar-refractivity contribution is 5.40. The minimum absolute atomic E-state index is 0.291. The van der Waals surface area contributed by atoms with E-state index >= 15 is 0 Å². The van der Waals surface area contributed by atoms with Crippen molar-refractivity contribution in [2.75, 3.05) is 0 Å². The molecule has 0 saturated heterocycles. The van der Waals surface area contributed by atoms with Crippen LogP contribution in [-0.2, 0) is 13.0 Å². The highest BCUT2D eigenvalue weighted by Crippen LogP contribution is 2.33. The highest BCUT2D eigenvalue weighted by Gasteiger charge is 2.20. The second-order valence-electron chi connectivity index (χ2n) is 5.13. The van der Waals surface area contributed by atoms with Crippen molar-refractivity contribution in [3.63, 3.8) is 0 Å². The van der Waals surface area contributed by atoms with E-state index in [4.69, 9.17) is 4.74 Å². The van der Waals surface area contributed by atoms with Gasteiger partial charge in [0, 0.05) is 0 Å². The van der Waals surface area contributed by atoms with Crippen molar-refractivity contribution in [1.29, 1.82) is 0 Å². The van der Waals surface area contributed by atoms with Crippen LogP contribution in [0.2, 0.25) is 0 Å². The molecule has 0 aliphatic heterocycles. The van der Waals surface area contributed by atoms with Gasteiger partial charge in [0.25, 0.3) is 0 Å². The number of rotatable bonds is 3. The van der Waals surface area contributed by atoms with E-state index in [1.165, 1.54) is 16.7 Å². The molecule has 2 aromatic carbocycles. The lowest BCUT2D eigenvalue weighted by atomic mass is 10.1. The molecule has 98 valence electrons. The van der Waals surface area contributed by atoms with Crippen molar-refractivity contribution in [3.05, 3.63) is 64.7 Å². The van der Waals surface area contributed by atoms with E-state index < -0.39 is 0 Å². The zero-order chi connectivity index (χ0) is 13.2. The van der Waals surface area contributed by atoms with E-state index in [2.05, 4.69) is 25.1 Å². The molecule has 0 bridgehead atoms. The number of aryl methyl sites for hydroxylation is 2. The Morgan fingerprint density at radius 1 is 1.21 bits per heavy atom. The quantitative estimate of drug-likeness (QED) is 0.907. The molecule has 0 amide bonds. The standard InChI is InChI=1S/C17H18O2/c1-12-4-2-3-5-14(12)11-19-15-7-8-16-13(10-15)6-9-17(16)18/h2-5,7-8,10,17-18H,6,9,11H2,1H3. The van der Waals surface area contributed by atoms with Gasteiger partial charge in [-0.25, -0.2) is 0 Å². The lowest BCUT2D eigenvalue weighted by molar-refractivity contribution is 0.180. The first-order valence-electron chi connectivity index (χ1n) is 6.72. The molecule has 0 saturated carbocycles. The Labute approximate surface area is 113 Å². The van der Waals surface area contributed by atoms with Crippen molar-refractivity contribution in [3.8, 4) is 5.75 Å². The van der Waals surface area contributed by atoms with Gasteiger partial charge in [-0.15, -0.1) is 0 Å². The minimum atomic E-state index is -0.291. The van der Waals surface area contributed by atoms with Gasteiger partial charge < -0.3 is 9.84 Å². The van der Waals surface area contributed by atoms with Crippen LogP contribution in [0.5, 0.6) is 5.75 Å². The third kappa shape index (κ3) is 2.49. The van der Waals surface area contributed by atoms with Gasteiger partial charge in [-0.3, -0.25) is 0 Å². The van der Waals surface area contributed by atoms with Gasteiger partial charge in [-0.05, 0) is 54.2 Å². The maximum atomic E-state index is 9.78. The van der Waals surface area contributed by atoms with Gasteiger partial charge in [0.2, 0.25) is 0 Å². The third-order valence-corrected chi connectivity index (χ3v) is 3.82. The second kappa shape index (κ2) is 5.06. The lowest BCUT2D eigenvalue weighted by Crippen LogP contribution is -1.98.